The summed E-state index contributed by atoms with van der Waals surface area (Å²) in [6.07, 6.45) is -6.11. The molecule has 5 N–H and O–H groups in total. The van der Waals surface area contributed by atoms with Crippen molar-refractivity contribution in [1.82, 2.24) is 0 Å². The molecular formula is C9H18O5S. The largest absolute Gasteiger partial charge is 0.394 e. The molecule has 0 bridgehead atoms. The highest BCUT2D eigenvalue weighted by molar-refractivity contribution is 7.80. The van der Waals surface area contributed by atoms with Crippen molar-refractivity contribution in [1.29, 1.82) is 0 Å². The fraction of sp³-hybridized carbons (Fsp3) is 0.889. The lowest BCUT2D eigenvalue weighted by Crippen LogP contribution is -2.49. The van der Waals surface area contributed by atoms with Crippen molar-refractivity contribution in [2.45, 2.75) is 38.3 Å². The van der Waals surface area contributed by atoms with Gasteiger partial charge in [0.05, 0.1) is 6.61 Å². The molecule has 0 radical (unpaired) electrons. The summed E-state index contributed by atoms with van der Waals surface area (Å²) in [5, 5.41) is 45.9. The first-order valence-electron chi connectivity index (χ1n) is 4.69. The first kappa shape index (κ1) is 14.9. The maximum atomic E-state index is 9.53. The Hall–Kier alpha value is -0.110. The van der Waals surface area contributed by atoms with Gasteiger partial charge in [0.2, 0.25) is 0 Å². The fourth-order valence-electron chi connectivity index (χ4n) is 1.03. The van der Waals surface area contributed by atoms with Crippen LogP contribution in [0.15, 0.2) is 0 Å². The lowest BCUT2D eigenvalue weighted by Gasteiger charge is -2.27. The number of aliphatic hydroxyl groups excluding tert-OH is 5. The minimum atomic E-state index is -1.62. The average Bonchev–Trinajstić information content (AvgIpc) is 2.23. The van der Waals surface area contributed by atoms with Gasteiger partial charge in [-0.2, -0.15) is 0 Å². The molecule has 0 aliphatic rings. The van der Waals surface area contributed by atoms with Gasteiger partial charge in [0.25, 0.3) is 0 Å². The molecule has 4 atom stereocenters. The molecule has 15 heavy (non-hydrogen) atoms. The molecule has 90 valence electrons. The molecule has 0 spiro atoms. The highest BCUT2D eigenvalue weighted by Crippen LogP contribution is 2.11. The van der Waals surface area contributed by atoms with Crippen molar-refractivity contribution in [2.24, 2.45) is 5.92 Å². The predicted octanol–water partition coefficient (Wildman–Crippen LogP) is -1.55. The van der Waals surface area contributed by atoms with Crippen LogP contribution < -0.4 is 0 Å². The summed E-state index contributed by atoms with van der Waals surface area (Å²) in [7, 11) is 0. The Morgan fingerprint density at radius 1 is 1.07 bits per heavy atom. The molecule has 5 nitrogen and oxygen atoms in total. The van der Waals surface area contributed by atoms with E-state index in [0.29, 0.717) is 0 Å². The van der Waals surface area contributed by atoms with Crippen molar-refractivity contribution in [3.63, 3.8) is 0 Å². The molecule has 0 fully saturated rings. The van der Waals surface area contributed by atoms with Crippen LogP contribution in [-0.4, -0.2) is 61.4 Å². The van der Waals surface area contributed by atoms with Crippen molar-refractivity contribution in [3.8, 4) is 0 Å². The Balaban J connectivity index is 4.43. The molecule has 0 saturated heterocycles. The topological polar surface area (TPSA) is 101 Å². The first-order valence-corrected chi connectivity index (χ1v) is 5.10. The van der Waals surface area contributed by atoms with E-state index in [1.165, 1.54) is 0 Å². The summed E-state index contributed by atoms with van der Waals surface area (Å²) in [6.45, 7) is 2.79. The Morgan fingerprint density at radius 3 is 1.87 bits per heavy atom. The van der Waals surface area contributed by atoms with Crippen LogP contribution in [-0.2, 0) is 0 Å². The van der Waals surface area contributed by atoms with E-state index >= 15 is 0 Å². The molecule has 0 aliphatic heterocycles. The summed E-state index contributed by atoms with van der Waals surface area (Å²) in [5.41, 5.74) is 0. The van der Waals surface area contributed by atoms with Gasteiger partial charge in [-0.25, -0.2) is 0 Å². The SMILES string of the molecule is CC(C)C(=S)C(O)C(O)C(O)C(O)CO. The quantitative estimate of drug-likeness (QED) is 0.359. The van der Waals surface area contributed by atoms with Gasteiger partial charge >= 0.3 is 0 Å². The highest BCUT2D eigenvalue weighted by Gasteiger charge is 2.32. The zero-order valence-corrected chi connectivity index (χ0v) is 9.55. The second-order valence-corrected chi connectivity index (χ2v) is 4.20. The fourth-order valence-corrected chi connectivity index (χ4v) is 1.17. The van der Waals surface area contributed by atoms with Gasteiger partial charge in [-0.05, 0) is 5.92 Å². The first-order chi connectivity index (χ1) is 6.82. The summed E-state index contributed by atoms with van der Waals surface area (Å²) >= 11 is 4.85. The minimum absolute atomic E-state index is 0.122. The monoisotopic (exact) mass is 238 g/mol. The lowest BCUT2D eigenvalue weighted by molar-refractivity contribution is -0.101. The minimum Gasteiger partial charge on any atom is -0.394 e. The van der Waals surface area contributed by atoms with E-state index in [9.17, 15) is 15.3 Å². The van der Waals surface area contributed by atoms with E-state index < -0.39 is 31.0 Å². The van der Waals surface area contributed by atoms with Crippen molar-refractivity contribution >= 4 is 17.1 Å². The lowest BCUT2D eigenvalue weighted by atomic mass is 9.96. The van der Waals surface area contributed by atoms with Crippen molar-refractivity contribution in [3.05, 3.63) is 0 Å². The normalized spacial score (nSPS) is 19.7. The van der Waals surface area contributed by atoms with Gasteiger partial charge in [-0.15, -0.1) is 0 Å². The van der Waals surface area contributed by atoms with Gasteiger partial charge in [0.15, 0.2) is 0 Å². The maximum absolute atomic E-state index is 9.53. The van der Waals surface area contributed by atoms with Crippen LogP contribution in [0.2, 0.25) is 0 Å². The summed E-state index contributed by atoms with van der Waals surface area (Å²) < 4.78 is 0. The predicted molar refractivity (Wildman–Crippen MR) is 58.5 cm³/mol. The van der Waals surface area contributed by atoms with E-state index in [4.69, 9.17) is 22.4 Å². The zero-order valence-electron chi connectivity index (χ0n) is 8.74. The number of rotatable bonds is 6. The summed E-state index contributed by atoms with van der Waals surface area (Å²) in [4.78, 5) is 0.201. The number of hydrogen-bond donors (Lipinski definition) is 5. The molecule has 4 unspecified atom stereocenters. The molecule has 0 aliphatic carbocycles. The molecule has 0 rings (SSSR count). The Bertz CT molecular complexity index is 209. The van der Waals surface area contributed by atoms with Crippen LogP contribution >= 0.6 is 12.2 Å². The van der Waals surface area contributed by atoms with Crippen LogP contribution in [0.5, 0.6) is 0 Å². The van der Waals surface area contributed by atoms with Gasteiger partial charge in [0, 0.05) is 4.86 Å². The van der Waals surface area contributed by atoms with Crippen LogP contribution in [0.1, 0.15) is 13.8 Å². The van der Waals surface area contributed by atoms with Crippen LogP contribution in [0.4, 0.5) is 0 Å². The third kappa shape index (κ3) is 4.10. The molecule has 0 amide bonds. The second kappa shape index (κ2) is 6.47. The molecule has 0 aromatic rings. The Kier molecular flexibility index (Phi) is 6.42. The van der Waals surface area contributed by atoms with Gasteiger partial charge in [-0.1, -0.05) is 26.1 Å². The number of thiocarbonyl (C=S) groups is 1. The Morgan fingerprint density at radius 2 is 1.53 bits per heavy atom. The van der Waals surface area contributed by atoms with E-state index in [1.807, 2.05) is 0 Å². The Labute approximate surface area is 94.0 Å². The molecule has 0 saturated carbocycles. The molecule has 0 aromatic heterocycles. The van der Waals surface area contributed by atoms with Gasteiger partial charge in [-0.3, -0.25) is 0 Å². The number of hydrogen-bond acceptors (Lipinski definition) is 6. The van der Waals surface area contributed by atoms with E-state index in [-0.39, 0.29) is 10.8 Å². The highest BCUT2D eigenvalue weighted by atomic mass is 32.1. The summed E-state index contributed by atoms with van der Waals surface area (Å²) in [6, 6.07) is 0. The third-order valence-corrected chi connectivity index (χ3v) is 2.83. The summed E-state index contributed by atoms with van der Waals surface area (Å²) in [5.74, 6) is -0.122. The second-order valence-electron chi connectivity index (χ2n) is 3.73. The van der Waals surface area contributed by atoms with Crippen LogP contribution in [0.3, 0.4) is 0 Å². The maximum Gasteiger partial charge on any atom is 0.114 e. The van der Waals surface area contributed by atoms with Crippen molar-refractivity contribution in [2.75, 3.05) is 6.61 Å². The van der Waals surface area contributed by atoms with Crippen LogP contribution in [0.25, 0.3) is 0 Å². The van der Waals surface area contributed by atoms with E-state index in [2.05, 4.69) is 0 Å². The van der Waals surface area contributed by atoms with E-state index in [0.717, 1.165) is 0 Å². The third-order valence-electron chi connectivity index (χ3n) is 2.12. The van der Waals surface area contributed by atoms with Crippen molar-refractivity contribution < 1.29 is 25.5 Å². The molecule has 6 heteroatoms. The van der Waals surface area contributed by atoms with Gasteiger partial charge in [0.1, 0.15) is 24.4 Å². The van der Waals surface area contributed by atoms with E-state index in [1.54, 1.807) is 13.8 Å². The standard InChI is InChI=1S/C9H18O5S/c1-4(2)9(15)8(14)7(13)6(12)5(11)3-10/h4-8,10-14H,3H2,1-2H3. The molecule has 0 aromatic carbocycles. The van der Waals surface area contributed by atoms with Gasteiger partial charge < -0.3 is 25.5 Å². The smallest absolute Gasteiger partial charge is 0.114 e. The molecular weight excluding hydrogens is 220 g/mol. The number of aliphatic hydroxyl groups is 5. The van der Waals surface area contributed by atoms with Crippen LogP contribution in [0, 0.1) is 5.92 Å². The zero-order chi connectivity index (χ0) is 12.2. The average molecular weight is 238 g/mol. The molecule has 0 heterocycles.